The zero-order chi connectivity index (χ0) is 20.2. The first-order valence-electron chi connectivity index (χ1n) is 10.1. The van der Waals surface area contributed by atoms with Crippen molar-refractivity contribution in [1.82, 2.24) is 20.1 Å². The number of amides is 1. The van der Waals surface area contributed by atoms with Crippen LogP contribution in [0.2, 0.25) is 0 Å². The number of carbonyl (C=O) groups is 1. The minimum atomic E-state index is 0.0644. The fourth-order valence-corrected chi connectivity index (χ4v) is 3.75. The molecule has 0 radical (unpaired) electrons. The Bertz CT molecular complexity index is 1120. The predicted octanol–water partition coefficient (Wildman–Crippen LogP) is 4.26. The normalized spacial score (nSPS) is 11.1. The SMILES string of the molecule is Cc1nn(-c2ccccc2)cc1CCCNC(=O)Cc1c(C)[nH]c2ccccc12. The van der Waals surface area contributed by atoms with Gasteiger partial charge in [0.1, 0.15) is 0 Å². The lowest BCUT2D eigenvalue weighted by Crippen LogP contribution is -2.26. The van der Waals surface area contributed by atoms with Gasteiger partial charge in [0.05, 0.1) is 17.8 Å². The number of para-hydroxylation sites is 2. The van der Waals surface area contributed by atoms with Crippen LogP contribution in [0.15, 0.2) is 60.8 Å². The molecule has 0 saturated carbocycles. The molecule has 5 nitrogen and oxygen atoms in total. The summed E-state index contributed by atoms with van der Waals surface area (Å²) in [5, 5.41) is 8.80. The van der Waals surface area contributed by atoms with E-state index in [0.29, 0.717) is 13.0 Å². The molecule has 29 heavy (non-hydrogen) atoms. The number of carbonyl (C=O) groups excluding carboxylic acids is 1. The highest BCUT2D eigenvalue weighted by atomic mass is 16.1. The van der Waals surface area contributed by atoms with E-state index in [4.69, 9.17) is 0 Å². The monoisotopic (exact) mass is 386 g/mol. The van der Waals surface area contributed by atoms with Crippen LogP contribution in [0.5, 0.6) is 0 Å². The number of aromatic amines is 1. The summed E-state index contributed by atoms with van der Waals surface area (Å²) in [7, 11) is 0. The quantitative estimate of drug-likeness (QED) is 0.466. The van der Waals surface area contributed by atoms with Crippen LogP contribution in [0.25, 0.3) is 16.6 Å². The van der Waals surface area contributed by atoms with E-state index in [9.17, 15) is 4.79 Å². The Hall–Kier alpha value is -3.34. The van der Waals surface area contributed by atoms with E-state index in [1.807, 2.05) is 67.1 Å². The first-order chi connectivity index (χ1) is 14.1. The number of fused-ring (bicyclic) bond motifs is 1. The van der Waals surface area contributed by atoms with Crippen LogP contribution in [0.4, 0.5) is 0 Å². The van der Waals surface area contributed by atoms with Crippen LogP contribution in [-0.2, 0) is 17.6 Å². The zero-order valence-electron chi connectivity index (χ0n) is 16.9. The topological polar surface area (TPSA) is 62.7 Å². The van der Waals surface area contributed by atoms with Crippen molar-refractivity contribution in [1.29, 1.82) is 0 Å². The molecule has 2 heterocycles. The van der Waals surface area contributed by atoms with Crippen molar-refractivity contribution >= 4 is 16.8 Å². The van der Waals surface area contributed by atoms with Gasteiger partial charge < -0.3 is 10.3 Å². The summed E-state index contributed by atoms with van der Waals surface area (Å²) >= 11 is 0. The summed E-state index contributed by atoms with van der Waals surface area (Å²) in [5.74, 6) is 0.0644. The second-order valence-corrected chi connectivity index (χ2v) is 7.42. The molecular weight excluding hydrogens is 360 g/mol. The minimum absolute atomic E-state index is 0.0644. The Kier molecular flexibility index (Phi) is 5.47. The lowest BCUT2D eigenvalue weighted by atomic mass is 10.1. The number of nitrogens with zero attached hydrogens (tertiary/aromatic N) is 2. The highest BCUT2D eigenvalue weighted by Gasteiger charge is 2.12. The summed E-state index contributed by atoms with van der Waals surface area (Å²) in [6.07, 6.45) is 4.27. The predicted molar refractivity (Wildman–Crippen MR) is 116 cm³/mol. The highest BCUT2D eigenvalue weighted by molar-refractivity contribution is 5.90. The third kappa shape index (κ3) is 4.24. The van der Waals surface area contributed by atoms with E-state index in [-0.39, 0.29) is 5.91 Å². The molecule has 2 aromatic carbocycles. The lowest BCUT2D eigenvalue weighted by molar-refractivity contribution is -0.120. The molecule has 0 spiro atoms. The van der Waals surface area contributed by atoms with Crippen molar-refractivity contribution in [2.75, 3.05) is 6.54 Å². The van der Waals surface area contributed by atoms with Crippen LogP contribution >= 0.6 is 0 Å². The average molecular weight is 386 g/mol. The molecule has 0 bridgehead atoms. The summed E-state index contributed by atoms with van der Waals surface area (Å²) < 4.78 is 1.92. The number of hydrogen-bond acceptors (Lipinski definition) is 2. The van der Waals surface area contributed by atoms with Crippen LogP contribution in [0.1, 0.15) is 28.9 Å². The second kappa shape index (κ2) is 8.35. The Morgan fingerprint density at radius 1 is 1.07 bits per heavy atom. The van der Waals surface area contributed by atoms with Gasteiger partial charge in [-0.15, -0.1) is 0 Å². The Balaban J connectivity index is 1.30. The minimum Gasteiger partial charge on any atom is -0.358 e. The molecule has 0 atom stereocenters. The summed E-state index contributed by atoms with van der Waals surface area (Å²) in [4.78, 5) is 15.8. The molecule has 0 unspecified atom stereocenters. The van der Waals surface area contributed by atoms with Gasteiger partial charge in [-0.2, -0.15) is 5.10 Å². The molecule has 0 aliphatic rings. The Labute approximate surface area is 170 Å². The van der Waals surface area contributed by atoms with Crippen LogP contribution in [0.3, 0.4) is 0 Å². The summed E-state index contributed by atoms with van der Waals surface area (Å²) in [6.45, 7) is 4.72. The van der Waals surface area contributed by atoms with Gasteiger partial charge in [-0.1, -0.05) is 36.4 Å². The van der Waals surface area contributed by atoms with Gasteiger partial charge in [0.25, 0.3) is 0 Å². The zero-order valence-corrected chi connectivity index (χ0v) is 16.9. The molecular formula is C24H26N4O. The molecule has 4 aromatic rings. The molecule has 1 amide bonds. The third-order valence-corrected chi connectivity index (χ3v) is 5.33. The number of rotatable bonds is 7. The molecule has 0 fully saturated rings. The summed E-state index contributed by atoms with van der Waals surface area (Å²) in [6, 6.07) is 18.2. The molecule has 148 valence electrons. The van der Waals surface area contributed by atoms with Gasteiger partial charge in [0.15, 0.2) is 0 Å². The van der Waals surface area contributed by atoms with Gasteiger partial charge in [0, 0.05) is 29.3 Å². The number of hydrogen-bond donors (Lipinski definition) is 2. The van der Waals surface area contributed by atoms with Gasteiger partial charge in [-0.05, 0) is 56.0 Å². The first kappa shape index (κ1) is 19.0. The van der Waals surface area contributed by atoms with Crippen LogP contribution in [-0.4, -0.2) is 27.2 Å². The van der Waals surface area contributed by atoms with E-state index in [0.717, 1.165) is 46.4 Å². The maximum absolute atomic E-state index is 12.4. The molecule has 4 rings (SSSR count). The van der Waals surface area contributed by atoms with E-state index in [1.54, 1.807) is 0 Å². The number of H-pyrrole nitrogens is 1. The second-order valence-electron chi connectivity index (χ2n) is 7.42. The third-order valence-electron chi connectivity index (χ3n) is 5.33. The molecule has 2 N–H and O–H groups in total. The van der Waals surface area contributed by atoms with Crippen molar-refractivity contribution in [2.24, 2.45) is 0 Å². The van der Waals surface area contributed by atoms with E-state index >= 15 is 0 Å². The summed E-state index contributed by atoms with van der Waals surface area (Å²) in [5.41, 5.74) is 6.54. The Morgan fingerprint density at radius 3 is 2.66 bits per heavy atom. The first-order valence-corrected chi connectivity index (χ1v) is 10.1. The van der Waals surface area contributed by atoms with Crippen molar-refractivity contribution in [2.45, 2.75) is 33.1 Å². The molecule has 2 aromatic heterocycles. The van der Waals surface area contributed by atoms with Crippen molar-refractivity contribution in [3.8, 4) is 5.69 Å². The van der Waals surface area contributed by atoms with Crippen molar-refractivity contribution in [3.05, 3.63) is 83.3 Å². The average Bonchev–Trinajstić information content (AvgIpc) is 3.26. The van der Waals surface area contributed by atoms with E-state index in [1.165, 1.54) is 5.56 Å². The number of aromatic nitrogens is 3. The maximum atomic E-state index is 12.4. The van der Waals surface area contributed by atoms with E-state index < -0.39 is 0 Å². The van der Waals surface area contributed by atoms with Crippen molar-refractivity contribution in [3.63, 3.8) is 0 Å². The van der Waals surface area contributed by atoms with Crippen molar-refractivity contribution < 1.29 is 4.79 Å². The van der Waals surface area contributed by atoms with Gasteiger partial charge in [0.2, 0.25) is 5.91 Å². The number of benzene rings is 2. The largest absolute Gasteiger partial charge is 0.358 e. The maximum Gasteiger partial charge on any atom is 0.224 e. The molecule has 0 saturated heterocycles. The van der Waals surface area contributed by atoms with Crippen LogP contribution in [0, 0.1) is 13.8 Å². The van der Waals surface area contributed by atoms with Gasteiger partial charge in [-0.3, -0.25) is 4.79 Å². The number of aryl methyl sites for hydroxylation is 3. The number of nitrogens with one attached hydrogen (secondary N) is 2. The fraction of sp³-hybridized carbons (Fsp3) is 0.250. The van der Waals surface area contributed by atoms with E-state index in [2.05, 4.69) is 27.7 Å². The van der Waals surface area contributed by atoms with Crippen LogP contribution < -0.4 is 5.32 Å². The standard InChI is InChI=1S/C24H26N4O/c1-17-19(16-28(27-17)20-10-4-3-5-11-20)9-8-14-25-24(29)15-22-18(2)26-23-13-7-6-12-21(22)23/h3-7,10-13,16,26H,8-9,14-15H2,1-2H3,(H,25,29). The van der Waals surface area contributed by atoms with Gasteiger partial charge >= 0.3 is 0 Å². The molecule has 0 aliphatic carbocycles. The Morgan fingerprint density at radius 2 is 1.83 bits per heavy atom. The highest BCUT2D eigenvalue weighted by Crippen LogP contribution is 2.22. The lowest BCUT2D eigenvalue weighted by Gasteiger charge is -2.06. The smallest absolute Gasteiger partial charge is 0.224 e. The molecule has 5 heteroatoms. The van der Waals surface area contributed by atoms with Gasteiger partial charge in [-0.25, -0.2) is 4.68 Å². The fourth-order valence-electron chi connectivity index (χ4n) is 3.75. The molecule has 0 aliphatic heterocycles.